The summed E-state index contributed by atoms with van der Waals surface area (Å²) < 4.78 is 5.51. The number of carbonyl (C=O) groups is 1. The smallest absolute Gasteiger partial charge is 0.302 e. The average molecular weight is 333 g/mol. The van der Waals surface area contributed by atoms with Crippen LogP contribution < -0.4 is 0 Å². The highest BCUT2D eigenvalue weighted by Crippen LogP contribution is 2.61. The van der Waals surface area contributed by atoms with Crippen LogP contribution in [0.5, 0.6) is 0 Å². The second-order valence-electron chi connectivity index (χ2n) is 9.02. The topological polar surface area (TPSA) is 58.9 Å². The number of carbonyl (C=O) groups excluding carboxylic acids is 1. The predicted octanol–water partition coefficient (Wildman–Crippen LogP) is 4.40. The summed E-state index contributed by atoms with van der Waals surface area (Å²) in [6.45, 7) is 3.88. The first-order valence-corrected chi connectivity index (χ1v) is 9.91. The summed E-state index contributed by atoms with van der Waals surface area (Å²) in [5, 5.41) is 13.1. The van der Waals surface area contributed by atoms with Gasteiger partial charge in [0.25, 0.3) is 0 Å². The van der Waals surface area contributed by atoms with Crippen LogP contribution in [0.3, 0.4) is 0 Å². The Labute approximate surface area is 145 Å². The van der Waals surface area contributed by atoms with Gasteiger partial charge in [-0.3, -0.25) is 4.79 Å². The van der Waals surface area contributed by atoms with Crippen LogP contribution in [0.2, 0.25) is 0 Å². The van der Waals surface area contributed by atoms with Crippen LogP contribution in [0.15, 0.2) is 5.16 Å². The number of hydrogen-bond acceptors (Lipinski definition) is 4. The molecule has 0 spiro atoms. The van der Waals surface area contributed by atoms with Gasteiger partial charge in [0.1, 0.15) is 6.10 Å². The fourth-order valence-corrected chi connectivity index (χ4v) is 7.10. The first-order chi connectivity index (χ1) is 11.5. The van der Waals surface area contributed by atoms with E-state index in [1.807, 2.05) is 0 Å². The lowest BCUT2D eigenvalue weighted by Crippen LogP contribution is -2.49. The molecule has 4 heteroatoms. The lowest BCUT2D eigenvalue weighted by atomic mass is 9.50. The Morgan fingerprint density at radius 1 is 1.12 bits per heavy atom. The largest absolute Gasteiger partial charge is 0.463 e. The maximum absolute atomic E-state index is 11.3. The van der Waals surface area contributed by atoms with Crippen molar-refractivity contribution in [3.05, 3.63) is 0 Å². The van der Waals surface area contributed by atoms with E-state index in [0.29, 0.717) is 5.92 Å². The monoisotopic (exact) mass is 333 g/mol. The van der Waals surface area contributed by atoms with Crippen molar-refractivity contribution in [1.29, 1.82) is 0 Å². The number of fused-ring (bicyclic) bond motifs is 5. The van der Waals surface area contributed by atoms with Crippen molar-refractivity contribution in [3.8, 4) is 0 Å². The van der Waals surface area contributed by atoms with Crippen LogP contribution in [-0.2, 0) is 9.53 Å². The van der Waals surface area contributed by atoms with Crippen molar-refractivity contribution in [1.82, 2.24) is 0 Å². The molecule has 0 aromatic carbocycles. The van der Waals surface area contributed by atoms with Gasteiger partial charge in [0.15, 0.2) is 0 Å². The van der Waals surface area contributed by atoms with Crippen molar-refractivity contribution >= 4 is 11.7 Å². The Morgan fingerprint density at radius 3 is 2.67 bits per heavy atom. The third-order valence-corrected chi connectivity index (χ3v) is 8.10. The molecule has 0 unspecified atom stereocenters. The van der Waals surface area contributed by atoms with Crippen LogP contribution in [0.1, 0.15) is 71.6 Å². The molecule has 134 valence electrons. The number of nitrogens with zero attached hydrogens (tertiary/aromatic N) is 1. The van der Waals surface area contributed by atoms with Crippen molar-refractivity contribution < 1.29 is 14.7 Å². The van der Waals surface area contributed by atoms with Crippen molar-refractivity contribution in [2.75, 3.05) is 0 Å². The van der Waals surface area contributed by atoms with Crippen LogP contribution in [-0.4, -0.2) is 23.0 Å². The van der Waals surface area contributed by atoms with Gasteiger partial charge in [-0.2, -0.15) is 0 Å². The second kappa shape index (κ2) is 6.03. The lowest BCUT2D eigenvalue weighted by molar-refractivity contribution is -0.151. The van der Waals surface area contributed by atoms with Gasteiger partial charge >= 0.3 is 5.97 Å². The zero-order chi connectivity index (χ0) is 16.9. The molecule has 0 saturated heterocycles. The summed E-state index contributed by atoms with van der Waals surface area (Å²) in [5.74, 6) is 3.83. The lowest BCUT2D eigenvalue weighted by Gasteiger charge is -2.55. The summed E-state index contributed by atoms with van der Waals surface area (Å²) in [4.78, 5) is 11.3. The van der Waals surface area contributed by atoms with E-state index in [-0.39, 0.29) is 17.5 Å². The molecule has 7 atom stereocenters. The highest BCUT2D eigenvalue weighted by atomic mass is 16.5. The van der Waals surface area contributed by atoms with E-state index in [2.05, 4.69) is 12.1 Å². The Bertz CT molecular complexity index is 545. The van der Waals surface area contributed by atoms with E-state index in [0.717, 1.165) is 48.6 Å². The molecule has 4 saturated carbocycles. The number of ether oxygens (including phenoxy) is 1. The summed E-state index contributed by atoms with van der Waals surface area (Å²) >= 11 is 0. The highest BCUT2D eigenvalue weighted by molar-refractivity contribution is 5.91. The van der Waals surface area contributed by atoms with Gasteiger partial charge in [-0.15, -0.1) is 0 Å². The number of hydrogen-bond donors (Lipinski definition) is 1. The Morgan fingerprint density at radius 2 is 1.92 bits per heavy atom. The van der Waals surface area contributed by atoms with Crippen molar-refractivity contribution in [2.24, 2.45) is 40.2 Å². The van der Waals surface area contributed by atoms with Gasteiger partial charge in [0, 0.05) is 12.3 Å². The fourth-order valence-electron chi connectivity index (χ4n) is 7.10. The van der Waals surface area contributed by atoms with Gasteiger partial charge < -0.3 is 9.94 Å². The summed E-state index contributed by atoms with van der Waals surface area (Å²) in [6.07, 6.45) is 10.8. The molecule has 0 heterocycles. The Kier molecular flexibility index (Phi) is 4.12. The van der Waals surface area contributed by atoms with Gasteiger partial charge in [-0.25, -0.2) is 0 Å². The number of rotatable bonds is 1. The molecule has 4 aliphatic rings. The van der Waals surface area contributed by atoms with E-state index in [1.165, 1.54) is 45.4 Å². The maximum Gasteiger partial charge on any atom is 0.302 e. The van der Waals surface area contributed by atoms with Gasteiger partial charge in [-0.1, -0.05) is 12.1 Å². The molecule has 0 radical (unpaired) electrons. The third kappa shape index (κ3) is 2.48. The van der Waals surface area contributed by atoms with Crippen LogP contribution >= 0.6 is 0 Å². The molecule has 24 heavy (non-hydrogen) atoms. The van der Waals surface area contributed by atoms with Crippen molar-refractivity contribution in [3.63, 3.8) is 0 Å². The zero-order valence-electron chi connectivity index (χ0n) is 15.0. The van der Waals surface area contributed by atoms with Crippen LogP contribution in [0.4, 0.5) is 0 Å². The molecular formula is C20H31NO3. The summed E-state index contributed by atoms with van der Waals surface area (Å²) in [5.41, 5.74) is 1.21. The minimum Gasteiger partial charge on any atom is -0.463 e. The minimum absolute atomic E-state index is 0.123. The predicted molar refractivity (Wildman–Crippen MR) is 91.9 cm³/mol. The summed E-state index contributed by atoms with van der Waals surface area (Å²) in [7, 11) is 0. The van der Waals surface area contributed by atoms with E-state index in [9.17, 15) is 10.0 Å². The quantitative estimate of drug-likeness (QED) is 0.439. The maximum atomic E-state index is 11.3. The van der Waals surface area contributed by atoms with E-state index < -0.39 is 0 Å². The third-order valence-electron chi connectivity index (χ3n) is 8.10. The van der Waals surface area contributed by atoms with E-state index >= 15 is 0 Å². The van der Waals surface area contributed by atoms with Gasteiger partial charge in [-0.05, 0) is 87.4 Å². The van der Waals surface area contributed by atoms with Crippen LogP contribution in [0.25, 0.3) is 0 Å². The SMILES string of the molecule is CC(=O)O[C@H]1CC[C@H]2[C@H](CC[C@@H]3[C@@H]2CC[C@]2(C)/C(=N/O)CC[C@@H]32)C1. The standard InChI is InChI=1S/C20H31NO3/c1-12(22)24-14-4-6-15-13(11-14)3-5-17-16(15)9-10-20(2)18(17)7-8-19(20)21-23/h13-18,23H,3-11H2,1-2H3/b21-19+/t13-,14+,15+,16-,17-,18+,20+/m1/s1. The number of oxime groups is 1. The molecule has 0 aromatic heterocycles. The first kappa shape index (κ1) is 16.4. The fraction of sp³-hybridized carbons (Fsp3) is 0.900. The average Bonchev–Trinajstić information content (AvgIpc) is 2.90. The molecule has 4 fully saturated rings. The Hall–Kier alpha value is -1.06. The number of esters is 1. The van der Waals surface area contributed by atoms with Crippen molar-refractivity contribution in [2.45, 2.75) is 77.7 Å². The molecule has 1 N–H and O–H groups in total. The molecule has 4 rings (SSSR count). The first-order valence-electron chi connectivity index (χ1n) is 9.91. The normalized spacial score (nSPS) is 49.2. The summed E-state index contributed by atoms with van der Waals surface area (Å²) in [6, 6.07) is 0. The molecule has 0 aromatic rings. The minimum atomic E-state index is -0.123. The Balaban J connectivity index is 1.49. The molecule has 4 aliphatic carbocycles. The van der Waals surface area contributed by atoms with E-state index in [4.69, 9.17) is 4.74 Å². The molecule has 4 nitrogen and oxygen atoms in total. The van der Waals surface area contributed by atoms with E-state index in [1.54, 1.807) is 0 Å². The molecule has 0 aliphatic heterocycles. The van der Waals surface area contributed by atoms with Gasteiger partial charge in [0.2, 0.25) is 0 Å². The zero-order valence-corrected chi connectivity index (χ0v) is 15.0. The molecule has 0 amide bonds. The molecular weight excluding hydrogens is 302 g/mol. The van der Waals surface area contributed by atoms with Crippen LogP contribution in [0, 0.1) is 35.0 Å². The second-order valence-corrected chi connectivity index (χ2v) is 9.02. The van der Waals surface area contributed by atoms with Gasteiger partial charge in [0.05, 0.1) is 5.71 Å². The molecule has 0 bridgehead atoms. The highest BCUT2D eigenvalue weighted by Gasteiger charge is 2.56.